The molecular weight excluding hydrogens is 287 g/mol. The molecule has 104 valence electrons. The summed E-state index contributed by atoms with van der Waals surface area (Å²) < 4.78 is 0. The van der Waals surface area contributed by atoms with Crippen molar-refractivity contribution in [1.82, 2.24) is 4.98 Å². The van der Waals surface area contributed by atoms with E-state index in [1.807, 2.05) is 0 Å². The van der Waals surface area contributed by atoms with Crippen LogP contribution in [0.3, 0.4) is 0 Å². The van der Waals surface area contributed by atoms with E-state index in [0.717, 1.165) is 25.9 Å². The Hall–Kier alpha value is -0.750. The monoisotopic (exact) mass is 302 g/mol. The summed E-state index contributed by atoms with van der Waals surface area (Å²) >= 11 is 12.2. The zero-order chi connectivity index (χ0) is 13.6. The van der Waals surface area contributed by atoms with Gasteiger partial charge in [-0.25, -0.2) is 10.8 Å². The van der Waals surface area contributed by atoms with Gasteiger partial charge in [-0.2, -0.15) is 0 Å². The smallest absolute Gasteiger partial charge is 0.161 e. The second-order valence-corrected chi connectivity index (χ2v) is 6.06. The van der Waals surface area contributed by atoms with Crippen LogP contribution < -0.4 is 16.2 Å². The van der Waals surface area contributed by atoms with Crippen molar-refractivity contribution in [1.29, 1.82) is 0 Å². The molecule has 1 aromatic heterocycles. The summed E-state index contributed by atoms with van der Waals surface area (Å²) in [6.45, 7) is 1.66. The first-order chi connectivity index (χ1) is 9.10. The molecule has 1 saturated heterocycles. The zero-order valence-corrected chi connectivity index (χ0v) is 11.8. The van der Waals surface area contributed by atoms with Crippen molar-refractivity contribution in [3.63, 3.8) is 0 Å². The standard InChI is InChI=1S/C12H16Cl2N4O/c13-8-3-9(14)12(16-11(8)17-15)18-4-6-1-2-10(19)7(6)5-18/h3,6-7,10,19H,1-2,4-5,15H2,(H,16,17). The number of aromatic nitrogens is 1. The van der Waals surface area contributed by atoms with Crippen LogP contribution in [0.1, 0.15) is 12.8 Å². The molecule has 3 rings (SSSR count). The van der Waals surface area contributed by atoms with Crippen molar-refractivity contribution in [2.75, 3.05) is 23.4 Å². The number of nitrogens with two attached hydrogens (primary N) is 1. The number of hydrazine groups is 1. The number of nitrogens with one attached hydrogen (secondary N) is 1. The molecule has 2 fully saturated rings. The molecule has 0 amide bonds. The number of hydrogen-bond acceptors (Lipinski definition) is 5. The van der Waals surface area contributed by atoms with Crippen molar-refractivity contribution in [2.45, 2.75) is 18.9 Å². The Labute approximate surface area is 121 Å². The van der Waals surface area contributed by atoms with E-state index < -0.39 is 0 Å². The van der Waals surface area contributed by atoms with E-state index in [-0.39, 0.29) is 6.10 Å². The average Bonchev–Trinajstić information content (AvgIpc) is 2.92. The van der Waals surface area contributed by atoms with Crippen LogP contribution in [0.25, 0.3) is 0 Å². The number of aliphatic hydroxyl groups excluding tert-OH is 1. The van der Waals surface area contributed by atoms with E-state index in [1.54, 1.807) is 6.07 Å². The van der Waals surface area contributed by atoms with Gasteiger partial charge in [0.15, 0.2) is 5.82 Å². The van der Waals surface area contributed by atoms with Crippen LogP contribution >= 0.6 is 23.2 Å². The summed E-state index contributed by atoms with van der Waals surface area (Å²) in [6.07, 6.45) is 1.77. The van der Waals surface area contributed by atoms with Gasteiger partial charge in [-0.1, -0.05) is 23.2 Å². The number of fused-ring (bicyclic) bond motifs is 1. The number of hydrogen-bond donors (Lipinski definition) is 3. The van der Waals surface area contributed by atoms with Crippen LogP contribution in [0.15, 0.2) is 6.07 Å². The summed E-state index contributed by atoms with van der Waals surface area (Å²) in [6, 6.07) is 1.64. The summed E-state index contributed by atoms with van der Waals surface area (Å²) in [5.41, 5.74) is 2.47. The summed E-state index contributed by atoms with van der Waals surface area (Å²) in [5, 5.41) is 10.9. The molecule has 2 heterocycles. The first-order valence-electron chi connectivity index (χ1n) is 6.36. The molecule has 1 aromatic rings. The largest absolute Gasteiger partial charge is 0.393 e. The molecule has 4 N–H and O–H groups in total. The van der Waals surface area contributed by atoms with Gasteiger partial charge in [0.1, 0.15) is 5.82 Å². The highest BCUT2D eigenvalue weighted by atomic mass is 35.5. The highest BCUT2D eigenvalue weighted by Crippen LogP contribution is 2.41. The van der Waals surface area contributed by atoms with Gasteiger partial charge in [-0.05, 0) is 24.8 Å². The fourth-order valence-electron chi connectivity index (χ4n) is 3.19. The maximum Gasteiger partial charge on any atom is 0.161 e. The lowest BCUT2D eigenvalue weighted by atomic mass is 10.00. The van der Waals surface area contributed by atoms with Crippen molar-refractivity contribution < 1.29 is 5.11 Å². The number of aliphatic hydroxyl groups is 1. The second kappa shape index (κ2) is 4.98. The Morgan fingerprint density at radius 3 is 2.79 bits per heavy atom. The molecule has 5 nitrogen and oxygen atoms in total. The molecule has 2 aliphatic rings. The predicted molar refractivity (Wildman–Crippen MR) is 76.5 cm³/mol. The molecule has 1 aliphatic carbocycles. The third kappa shape index (κ3) is 2.25. The third-order valence-corrected chi connectivity index (χ3v) is 4.73. The Kier molecular flexibility index (Phi) is 3.47. The van der Waals surface area contributed by atoms with Gasteiger partial charge in [-0.15, -0.1) is 0 Å². The van der Waals surface area contributed by atoms with Crippen molar-refractivity contribution in [3.8, 4) is 0 Å². The minimum atomic E-state index is -0.201. The number of halogens is 2. The fraction of sp³-hybridized carbons (Fsp3) is 0.583. The Balaban J connectivity index is 1.87. The van der Waals surface area contributed by atoms with E-state index in [0.29, 0.717) is 33.5 Å². The minimum absolute atomic E-state index is 0.201. The van der Waals surface area contributed by atoms with E-state index in [1.165, 1.54) is 0 Å². The van der Waals surface area contributed by atoms with Crippen LogP contribution in [0.4, 0.5) is 11.6 Å². The number of pyridine rings is 1. The Morgan fingerprint density at radius 1 is 1.32 bits per heavy atom. The fourth-order valence-corrected chi connectivity index (χ4v) is 3.72. The zero-order valence-electron chi connectivity index (χ0n) is 10.3. The Morgan fingerprint density at radius 2 is 2.11 bits per heavy atom. The molecule has 7 heteroatoms. The van der Waals surface area contributed by atoms with Crippen molar-refractivity contribution in [2.24, 2.45) is 17.7 Å². The number of rotatable bonds is 2. The first-order valence-corrected chi connectivity index (χ1v) is 7.11. The molecule has 1 aliphatic heterocycles. The highest BCUT2D eigenvalue weighted by molar-refractivity contribution is 6.37. The van der Waals surface area contributed by atoms with Gasteiger partial charge in [-0.3, -0.25) is 0 Å². The van der Waals surface area contributed by atoms with E-state index in [4.69, 9.17) is 29.0 Å². The summed E-state index contributed by atoms with van der Waals surface area (Å²) in [4.78, 5) is 6.48. The van der Waals surface area contributed by atoms with Gasteiger partial charge in [0.05, 0.1) is 16.1 Å². The van der Waals surface area contributed by atoms with Gasteiger partial charge in [0.25, 0.3) is 0 Å². The molecule has 0 spiro atoms. The highest BCUT2D eigenvalue weighted by Gasteiger charge is 2.42. The third-order valence-electron chi connectivity index (χ3n) is 4.17. The number of nitrogen functional groups attached to an aromatic ring is 1. The van der Waals surface area contributed by atoms with Gasteiger partial charge in [0, 0.05) is 19.0 Å². The molecule has 19 heavy (non-hydrogen) atoms. The lowest BCUT2D eigenvalue weighted by Gasteiger charge is -2.21. The quantitative estimate of drug-likeness (QED) is 0.574. The second-order valence-electron chi connectivity index (χ2n) is 5.24. The van der Waals surface area contributed by atoms with Crippen LogP contribution in [0, 0.1) is 11.8 Å². The SMILES string of the molecule is NNc1nc(N2CC3CCC(O)C3C2)c(Cl)cc1Cl. The van der Waals surface area contributed by atoms with Gasteiger partial charge in [0.2, 0.25) is 0 Å². The van der Waals surface area contributed by atoms with Crippen LogP contribution in [0.2, 0.25) is 10.0 Å². The van der Waals surface area contributed by atoms with Crippen molar-refractivity contribution in [3.05, 3.63) is 16.1 Å². The predicted octanol–water partition coefficient (Wildman–Crippen LogP) is 1.88. The van der Waals surface area contributed by atoms with E-state index >= 15 is 0 Å². The maximum absolute atomic E-state index is 9.94. The first kappa shape index (κ1) is 13.2. The molecule has 3 atom stereocenters. The van der Waals surface area contributed by atoms with E-state index in [9.17, 15) is 5.11 Å². The summed E-state index contributed by atoms with van der Waals surface area (Å²) in [5.74, 6) is 7.33. The maximum atomic E-state index is 9.94. The van der Waals surface area contributed by atoms with Gasteiger partial charge >= 0.3 is 0 Å². The molecule has 0 radical (unpaired) electrons. The minimum Gasteiger partial charge on any atom is -0.393 e. The Bertz CT molecular complexity index is 499. The van der Waals surface area contributed by atoms with Crippen LogP contribution in [0.5, 0.6) is 0 Å². The normalized spacial score (nSPS) is 29.7. The lowest BCUT2D eigenvalue weighted by molar-refractivity contribution is 0.133. The topological polar surface area (TPSA) is 74.4 Å². The lowest BCUT2D eigenvalue weighted by Crippen LogP contribution is -2.26. The average molecular weight is 303 g/mol. The molecular formula is C12H16Cl2N4O. The van der Waals surface area contributed by atoms with E-state index in [2.05, 4.69) is 15.3 Å². The molecule has 0 bridgehead atoms. The molecule has 0 aromatic carbocycles. The number of anilines is 2. The van der Waals surface area contributed by atoms with Crippen LogP contribution in [-0.4, -0.2) is 29.3 Å². The number of nitrogens with zero attached hydrogens (tertiary/aromatic N) is 2. The molecule has 3 unspecified atom stereocenters. The van der Waals surface area contributed by atoms with Crippen molar-refractivity contribution >= 4 is 34.8 Å². The van der Waals surface area contributed by atoms with Gasteiger partial charge < -0.3 is 15.4 Å². The molecule has 1 saturated carbocycles. The summed E-state index contributed by atoms with van der Waals surface area (Å²) in [7, 11) is 0. The van der Waals surface area contributed by atoms with Crippen LogP contribution in [-0.2, 0) is 0 Å².